The molecule has 0 aliphatic carbocycles. The summed E-state index contributed by atoms with van der Waals surface area (Å²) in [5, 5.41) is 2.95. The SMILES string of the molecule is Cc1nc(-c2cccc(Br)c2)ccc1C(=O)NCCCN(C)C. The summed E-state index contributed by atoms with van der Waals surface area (Å²) < 4.78 is 1.01. The lowest BCUT2D eigenvalue weighted by molar-refractivity contribution is 0.0951. The quantitative estimate of drug-likeness (QED) is 0.785. The van der Waals surface area contributed by atoms with E-state index in [1.807, 2.05) is 57.4 Å². The fourth-order valence-corrected chi connectivity index (χ4v) is 2.70. The molecule has 1 amide bonds. The minimum Gasteiger partial charge on any atom is -0.352 e. The summed E-state index contributed by atoms with van der Waals surface area (Å²) in [7, 11) is 4.05. The average Bonchev–Trinajstić information content (AvgIpc) is 2.51. The Morgan fingerprint density at radius 2 is 2.04 bits per heavy atom. The summed E-state index contributed by atoms with van der Waals surface area (Å²) in [6.45, 7) is 3.50. The second kappa shape index (κ2) is 8.22. The Balaban J connectivity index is 2.06. The van der Waals surface area contributed by atoms with Crippen molar-refractivity contribution in [2.75, 3.05) is 27.2 Å². The smallest absolute Gasteiger partial charge is 0.253 e. The molecule has 0 aliphatic rings. The minimum atomic E-state index is -0.0606. The number of hydrogen-bond donors (Lipinski definition) is 1. The first-order valence-corrected chi connectivity index (χ1v) is 8.43. The zero-order valence-electron chi connectivity index (χ0n) is 13.8. The molecule has 0 bridgehead atoms. The molecule has 122 valence electrons. The van der Waals surface area contributed by atoms with Crippen molar-refractivity contribution in [3.05, 3.63) is 52.1 Å². The molecule has 1 aromatic heterocycles. The van der Waals surface area contributed by atoms with Crippen LogP contribution in [0.25, 0.3) is 11.3 Å². The van der Waals surface area contributed by atoms with E-state index in [-0.39, 0.29) is 5.91 Å². The fourth-order valence-electron chi connectivity index (χ4n) is 2.30. The normalized spacial score (nSPS) is 10.8. The third kappa shape index (κ3) is 5.15. The van der Waals surface area contributed by atoms with E-state index in [1.54, 1.807) is 0 Å². The van der Waals surface area contributed by atoms with E-state index in [9.17, 15) is 4.79 Å². The molecule has 0 atom stereocenters. The molecule has 1 N–H and O–H groups in total. The van der Waals surface area contributed by atoms with E-state index in [4.69, 9.17) is 0 Å². The third-order valence-corrected chi connectivity index (χ3v) is 4.01. The van der Waals surface area contributed by atoms with Crippen molar-refractivity contribution in [1.82, 2.24) is 15.2 Å². The zero-order chi connectivity index (χ0) is 16.8. The Kier molecular flexibility index (Phi) is 6.30. The first-order chi connectivity index (χ1) is 11.0. The Morgan fingerprint density at radius 1 is 1.26 bits per heavy atom. The van der Waals surface area contributed by atoms with E-state index >= 15 is 0 Å². The molecular weight excluding hydrogens is 354 g/mol. The maximum atomic E-state index is 12.2. The maximum absolute atomic E-state index is 12.2. The number of nitrogens with one attached hydrogen (secondary N) is 1. The molecule has 0 aliphatic heterocycles. The van der Waals surface area contributed by atoms with Gasteiger partial charge in [0.1, 0.15) is 0 Å². The van der Waals surface area contributed by atoms with Crippen molar-refractivity contribution in [2.24, 2.45) is 0 Å². The Hall–Kier alpha value is -1.72. The molecule has 0 saturated heterocycles. The molecular formula is C18H22BrN3O. The number of halogens is 1. The summed E-state index contributed by atoms with van der Waals surface area (Å²) in [6, 6.07) is 11.7. The standard InChI is InChI=1S/C18H22BrN3O/c1-13-16(18(23)20-10-5-11-22(2)3)8-9-17(21-13)14-6-4-7-15(19)12-14/h4,6-9,12H,5,10-11H2,1-3H3,(H,20,23). The summed E-state index contributed by atoms with van der Waals surface area (Å²) >= 11 is 3.47. The number of hydrogen-bond acceptors (Lipinski definition) is 3. The van der Waals surface area contributed by atoms with Gasteiger partial charge in [-0.1, -0.05) is 28.1 Å². The highest BCUT2D eigenvalue weighted by Crippen LogP contribution is 2.22. The van der Waals surface area contributed by atoms with Crippen molar-refractivity contribution in [1.29, 1.82) is 0 Å². The number of nitrogens with zero attached hydrogens (tertiary/aromatic N) is 2. The van der Waals surface area contributed by atoms with Crippen LogP contribution in [-0.2, 0) is 0 Å². The number of benzene rings is 1. The highest BCUT2D eigenvalue weighted by Gasteiger charge is 2.11. The summed E-state index contributed by atoms with van der Waals surface area (Å²) in [4.78, 5) is 18.9. The highest BCUT2D eigenvalue weighted by atomic mass is 79.9. The molecule has 1 aromatic carbocycles. The minimum absolute atomic E-state index is 0.0606. The van der Waals surface area contributed by atoms with Crippen LogP contribution in [0.5, 0.6) is 0 Å². The lowest BCUT2D eigenvalue weighted by atomic mass is 10.1. The van der Waals surface area contributed by atoms with Crippen LogP contribution in [0.4, 0.5) is 0 Å². The van der Waals surface area contributed by atoms with Crippen LogP contribution in [0, 0.1) is 6.92 Å². The van der Waals surface area contributed by atoms with Crippen LogP contribution in [0.2, 0.25) is 0 Å². The number of rotatable bonds is 6. The molecule has 2 rings (SSSR count). The van der Waals surface area contributed by atoms with Crippen molar-refractivity contribution in [3.63, 3.8) is 0 Å². The van der Waals surface area contributed by atoms with Gasteiger partial charge >= 0.3 is 0 Å². The van der Waals surface area contributed by atoms with Gasteiger partial charge in [-0.05, 0) is 58.3 Å². The van der Waals surface area contributed by atoms with Crippen LogP contribution in [0.1, 0.15) is 22.5 Å². The lowest BCUT2D eigenvalue weighted by Gasteiger charge is -2.11. The highest BCUT2D eigenvalue weighted by molar-refractivity contribution is 9.10. The maximum Gasteiger partial charge on any atom is 0.253 e. The van der Waals surface area contributed by atoms with Gasteiger partial charge in [-0.3, -0.25) is 9.78 Å². The number of amides is 1. The van der Waals surface area contributed by atoms with Crippen LogP contribution < -0.4 is 5.32 Å². The van der Waals surface area contributed by atoms with Gasteiger partial charge in [0.15, 0.2) is 0 Å². The number of pyridine rings is 1. The van der Waals surface area contributed by atoms with Crippen LogP contribution in [0.15, 0.2) is 40.9 Å². The fraction of sp³-hybridized carbons (Fsp3) is 0.333. The van der Waals surface area contributed by atoms with Crippen LogP contribution >= 0.6 is 15.9 Å². The number of aryl methyl sites for hydroxylation is 1. The molecule has 1 heterocycles. The predicted octanol–water partition coefficient (Wildman–Crippen LogP) is 3.50. The van der Waals surface area contributed by atoms with Gasteiger partial charge in [0.2, 0.25) is 0 Å². The van der Waals surface area contributed by atoms with E-state index in [0.717, 1.165) is 34.4 Å². The predicted molar refractivity (Wildman–Crippen MR) is 97.6 cm³/mol. The monoisotopic (exact) mass is 375 g/mol. The molecule has 0 spiro atoms. The molecule has 0 saturated carbocycles. The van der Waals surface area contributed by atoms with Gasteiger partial charge in [-0.15, -0.1) is 0 Å². The molecule has 0 fully saturated rings. The van der Waals surface area contributed by atoms with Crippen molar-refractivity contribution in [2.45, 2.75) is 13.3 Å². The zero-order valence-corrected chi connectivity index (χ0v) is 15.4. The van der Waals surface area contributed by atoms with Crippen LogP contribution in [0.3, 0.4) is 0 Å². The lowest BCUT2D eigenvalue weighted by Crippen LogP contribution is -2.27. The molecule has 4 nitrogen and oxygen atoms in total. The topological polar surface area (TPSA) is 45.2 Å². The van der Waals surface area contributed by atoms with Crippen molar-refractivity contribution < 1.29 is 4.79 Å². The van der Waals surface area contributed by atoms with E-state index < -0.39 is 0 Å². The van der Waals surface area contributed by atoms with Gasteiger partial charge in [0.05, 0.1) is 17.0 Å². The van der Waals surface area contributed by atoms with Gasteiger partial charge in [-0.2, -0.15) is 0 Å². The summed E-state index contributed by atoms with van der Waals surface area (Å²) in [6.07, 6.45) is 0.932. The second-order valence-electron chi connectivity index (χ2n) is 5.75. The third-order valence-electron chi connectivity index (χ3n) is 3.52. The number of carbonyl (C=O) groups is 1. The Morgan fingerprint density at radius 3 is 2.70 bits per heavy atom. The molecule has 23 heavy (non-hydrogen) atoms. The van der Waals surface area contributed by atoms with Crippen molar-refractivity contribution >= 4 is 21.8 Å². The van der Waals surface area contributed by atoms with E-state index in [2.05, 4.69) is 31.1 Å². The largest absolute Gasteiger partial charge is 0.352 e. The van der Waals surface area contributed by atoms with Gasteiger partial charge in [0, 0.05) is 16.6 Å². The Bertz CT molecular complexity index is 686. The first-order valence-electron chi connectivity index (χ1n) is 7.64. The van der Waals surface area contributed by atoms with E-state index in [1.165, 1.54) is 0 Å². The molecule has 0 unspecified atom stereocenters. The van der Waals surface area contributed by atoms with Gasteiger partial charge in [0.25, 0.3) is 5.91 Å². The van der Waals surface area contributed by atoms with Gasteiger partial charge in [-0.25, -0.2) is 0 Å². The Labute approximate surface area is 146 Å². The second-order valence-corrected chi connectivity index (χ2v) is 6.67. The number of aromatic nitrogens is 1. The van der Waals surface area contributed by atoms with E-state index in [0.29, 0.717) is 12.1 Å². The average molecular weight is 376 g/mol. The summed E-state index contributed by atoms with van der Waals surface area (Å²) in [5.41, 5.74) is 3.27. The van der Waals surface area contributed by atoms with Crippen LogP contribution in [-0.4, -0.2) is 43.0 Å². The molecule has 2 aromatic rings. The number of carbonyl (C=O) groups excluding carboxylic acids is 1. The molecule has 5 heteroatoms. The summed E-state index contributed by atoms with van der Waals surface area (Å²) in [5.74, 6) is -0.0606. The van der Waals surface area contributed by atoms with Gasteiger partial charge < -0.3 is 10.2 Å². The van der Waals surface area contributed by atoms with Crippen molar-refractivity contribution in [3.8, 4) is 11.3 Å². The first kappa shape index (κ1) is 17.6. The molecule has 0 radical (unpaired) electrons.